The largest absolute Gasteiger partial charge is 0.421 e. The highest BCUT2D eigenvalue weighted by atomic mass is 32.2. The van der Waals surface area contributed by atoms with Gasteiger partial charge in [-0.2, -0.15) is 0 Å². The number of fused-ring (bicyclic) bond motifs is 2. The van der Waals surface area contributed by atoms with Crippen LogP contribution in [-0.4, -0.2) is 21.2 Å². The van der Waals surface area contributed by atoms with E-state index in [1.165, 1.54) is 22.4 Å². The van der Waals surface area contributed by atoms with Crippen molar-refractivity contribution in [3.05, 3.63) is 62.9 Å². The SMILES string of the molecule is CC(C)(C)c1cc(=O)n2c(n1)SCC(C(=O)Nc1cc3ccccc3oc1=O)C2. The zero-order valence-electron chi connectivity index (χ0n) is 16.4. The lowest BCUT2D eigenvalue weighted by Gasteiger charge is -2.26. The summed E-state index contributed by atoms with van der Waals surface area (Å²) in [7, 11) is 0. The molecule has 1 atom stereocenters. The molecule has 150 valence electrons. The first-order valence-corrected chi connectivity index (χ1v) is 10.3. The number of hydrogen-bond donors (Lipinski definition) is 1. The minimum absolute atomic E-state index is 0.0954. The van der Waals surface area contributed by atoms with Crippen molar-refractivity contribution in [3.63, 3.8) is 0 Å². The zero-order chi connectivity index (χ0) is 20.8. The van der Waals surface area contributed by atoms with Crippen LogP contribution in [0.2, 0.25) is 0 Å². The van der Waals surface area contributed by atoms with Gasteiger partial charge in [-0.1, -0.05) is 50.7 Å². The van der Waals surface area contributed by atoms with E-state index in [0.29, 0.717) is 16.5 Å². The predicted octanol–water partition coefficient (Wildman–Crippen LogP) is 3.01. The summed E-state index contributed by atoms with van der Waals surface area (Å²) in [6.07, 6.45) is 0. The van der Waals surface area contributed by atoms with E-state index < -0.39 is 11.5 Å². The topological polar surface area (TPSA) is 94.2 Å². The van der Waals surface area contributed by atoms with Gasteiger partial charge in [-0.05, 0) is 12.1 Å². The van der Waals surface area contributed by atoms with Gasteiger partial charge in [-0.15, -0.1) is 0 Å². The standard InChI is InChI=1S/C21H21N3O4S/c1-21(2,3)16-9-17(25)24-10-13(11-29-20(24)23-16)18(26)22-14-8-12-6-4-5-7-15(12)28-19(14)27/h4-9,13H,10-11H2,1-3H3,(H,22,26). The normalized spacial score (nSPS) is 16.4. The average Bonchev–Trinajstić information content (AvgIpc) is 2.67. The Kier molecular flexibility index (Phi) is 4.82. The van der Waals surface area contributed by atoms with Crippen LogP contribution in [0.25, 0.3) is 11.0 Å². The van der Waals surface area contributed by atoms with Gasteiger partial charge in [0.1, 0.15) is 11.3 Å². The van der Waals surface area contributed by atoms with E-state index in [9.17, 15) is 14.4 Å². The number of thioether (sulfide) groups is 1. The third-order valence-electron chi connectivity index (χ3n) is 4.83. The van der Waals surface area contributed by atoms with Crippen LogP contribution in [0.15, 0.2) is 55.6 Å². The summed E-state index contributed by atoms with van der Waals surface area (Å²) in [5.41, 5.74) is 0.291. The highest BCUT2D eigenvalue weighted by Crippen LogP contribution is 2.28. The van der Waals surface area contributed by atoms with Crippen LogP contribution in [0, 0.1) is 5.92 Å². The molecule has 1 unspecified atom stereocenters. The Hall–Kier alpha value is -2.87. The summed E-state index contributed by atoms with van der Waals surface area (Å²) < 4.78 is 6.79. The number of benzene rings is 1. The smallest absolute Gasteiger partial charge is 0.360 e. The van der Waals surface area contributed by atoms with Gasteiger partial charge in [0.15, 0.2) is 5.16 Å². The van der Waals surface area contributed by atoms with Gasteiger partial charge in [-0.25, -0.2) is 9.78 Å². The number of carbonyl (C=O) groups excluding carboxylic acids is 1. The quantitative estimate of drug-likeness (QED) is 0.515. The summed E-state index contributed by atoms with van der Waals surface area (Å²) >= 11 is 1.38. The molecule has 0 bridgehead atoms. The number of nitrogens with zero attached hydrogens (tertiary/aromatic N) is 2. The first kappa shape index (κ1) is 19.4. The van der Waals surface area contributed by atoms with Crippen LogP contribution in [0.4, 0.5) is 5.69 Å². The molecular weight excluding hydrogens is 390 g/mol. The molecule has 3 heterocycles. The number of nitrogens with one attached hydrogen (secondary N) is 1. The van der Waals surface area contributed by atoms with Gasteiger partial charge in [0.05, 0.1) is 11.6 Å². The van der Waals surface area contributed by atoms with E-state index >= 15 is 0 Å². The maximum absolute atomic E-state index is 12.8. The van der Waals surface area contributed by atoms with Crippen molar-refractivity contribution < 1.29 is 9.21 Å². The molecular formula is C21H21N3O4S. The summed E-state index contributed by atoms with van der Waals surface area (Å²) in [6, 6.07) is 10.2. The second-order valence-electron chi connectivity index (χ2n) is 8.11. The fraction of sp³-hybridized carbons (Fsp3) is 0.333. The number of carbonyl (C=O) groups is 1. The summed E-state index contributed by atoms with van der Waals surface area (Å²) in [6.45, 7) is 6.24. The Morgan fingerprint density at radius 2 is 2.00 bits per heavy atom. The minimum Gasteiger partial charge on any atom is -0.421 e. The molecule has 1 N–H and O–H groups in total. The molecule has 0 aliphatic carbocycles. The molecule has 2 aromatic heterocycles. The number of rotatable bonds is 2. The van der Waals surface area contributed by atoms with Crippen LogP contribution in [0.1, 0.15) is 26.5 Å². The monoisotopic (exact) mass is 411 g/mol. The molecule has 1 aliphatic heterocycles. The van der Waals surface area contributed by atoms with Crippen molar-refractivity contribution in [1.29, 1.82) is 0 Å². The van der Waals surface area contributed by atoms with Crippen LogP contribution in [0.5, 0.6) is 0 Å². The predicted molar refractivity (Wildman–Crippen MR) is 113 cm³/mol. The lowest BCUT2D eigenvalue weighted by molar-refractivity contribution is -0.119. The van der Waals surface area contributed by atoms with Crippen LogP contribution >= 0.6 is 11.8 Å². The molecule has 1 amide bonds. The molecule has 0 radical (unpaired) electrons. The number of aromatic nitrogens is 2. The lowest BCUT2D eigenvalue weighted by Crippen LogP contribution is -2.38. The van der Waals surface area contributed by atoms with Crippen molar-refractivity contribution >= 4 is 34.3 Å². The third kappa shape index (κ3) is 3.85. The molecule has 1 aromatic carbocycles. The van der Waals surface area contributed by atoms with Gasteiger partial charge in [0.25, 0.3) is 5.56 Å². The van der Waals surface area contributed by atoms with Crippen molar-refractivity contribution in [1.82, 2.24) is 9.55 Å². The van der Waals surface area contributed by atoms with Gasteiger partial charge < -0.3 is 9.73 Å². The highest BCUT2D eigenvalue weighted by Gasteiger charge is 2.29. The van der Waals surface area contributed by atoms with Crippen LogP contribution in [0.3, 0.4) is 0 Å². The second-order valence-corrected chi connectivity index (χ2v) is 9.09. The van der Waals surface area contributed by atoms with Crippen LogP contribution in [-0.2, 0) is 16.8 Å². The van der Waals surface area contributed by atoms with Crippen molar-refractivity contribution in [3.8, 4) is 0 Å². The van der Waals surface area contributed by atoms with E-state index in [-0.39, 0.29) is 29.1 Å². The third-order valence-corrected chi connectivity index (χ3v) is 5.97. The van der Waals surface area contributed by atoms with Crippen molar-refractivity contribution in [2.45, 2.75) is 37.9 Å². The summed E-state index contributed by atoms with van der Waals surface area (Å²) in [5, 5.41) is 4.01. The molecule has 0 saturated heterocycles. The Morgan fingerprint density at radius 1 is 1.24 bits per heavy atom. The molecule has 8 heteroatoms. The Morgan fingerprint density at radius 3 is 2.76 bits per heavy atom. The van der Waals surface area contributed by atoms with E-state index in [1.54, 1.807) is 24.3 Å². The van der Waals surface area contributed by atoms with E-state index in [1.807, 2.05) is 26.8 Å². The zero-order valence-corrected chi connectivity index (χ0v) is 17.2. The van der Waals surface area contributed by atoms with E-state index in [0.717, 1.165) is 11.1 Å². The Balaban J connectivity index is 1.57. The molecule has 7 nitrogen and oxygen atoms in total. The molecule has 0 fully saturated rings. The molecule has 0 saturated carbocycles. The first-order valence-electron chi connectivity index (χ1n) is 9.31. The van der Waals surface area contributed by atoms with Gasteiger partial charge >= 0.3 is 5.63 Å². The lowest BCUT2D eigenvalue weighted by atomic mass is 9.92. The molecule has 29 heavy (non-hydrogen) atoms. The number of hydrogen-bond acceptors (Lipinski definition) is 6. The maximum atomic E-state index is 12.8. The van der Waals surface area contributed by atoms with E-state index in [2.05, 4.69) is 10.3 Å². The number of para-hydroxylation sites is 1. The fourth-order valence-electron chi connectivity index (χ4n) is 3.14. The Labute approximate surface area is 171 Å². The highest BCUT2D eigenvalue weighted by molar-refractivity contribution is 7.99. The molecule has 1 aliphatic rings. The van der Waals surface area contributed by atoms with Crippen LogP contribution < -0.4 is 16.5 Å². The molecule has 4 rings (SSSR count). The summed E-state index contributed by atoms with van der Waals surface area (Å²) in [4.78, 5) is 42.1. The number of amides is 1. The maximum Gasteiger partial charge on any atom is 0.360 e. The van der Waals surface area contributed by atoms with Gasteiger partial charge in [0, 0.05) is 29.2 Å². The average molecular weight is 411 g/mol. The fourth-order valence-corrected chi connectivity index (χ4v) is 4.23. The van der Waals surface area contributed by atoms with Gasteiger partial charge in [-0.3, -0.25) is 14.2 Å². The molecule has 0 spiro atoms. The Bertz CT molecular complexity index is 1220. The van der Waals surface area contributed by atoms with Gasteiger partial charge in [0.2, 0.25) is 5.91 Å². The second kappa shape index (κ2) is 7.18. The first-order chi connectivity index (χ1) is 13.7. The van der Waals surface area contributed by atoms with Crippen molar-refractivity contribution in [2.24, 2.45) is 5.92 Å². The number of anilines is 1. The molecule has 3 aromatic rings. The summed E-state index contributed by atoms with van der Waals surface area (Å²) in [5.74, 6) is -0.305. The van der Waals surface area contributed by atoms with E-state index in [4.69, 9.17) is 4.42 Å². The van der Waals surface area contributed by atoms with Crippen molar-refractivity contribution in [2.75, 3.05) is 11.1 Å². The minimum atomic E-state index is -0.602.